The van der Waals surface area contributed by atoms with E-state index in [1.54, 1.807) is 35.3 Å². The lowest BCUT2D eigenvalue weighted by Crippen LogP contribution is -2.34. The Morgan fingerprint density at radius 2 is 1.88 bits per heavy atom. The van der Waals surface area contributed by atoms with Crippen LogP contribution in [0.1, 0.15) is 10.4 Å². The fourth-order valence-corrected chi connectivity index (χ4v) is 4.98. The molecule has 0 spiro atoms. The SMILES string of the molecule is CN(C)S(=O)(=O)c1ccc(C(=O)N(CCn2cccn2)c2nc3c(F)cccc3s2)cc1. The molecular formula is C21H20FN5O3S2. The van der Waals surface area contributed by atoms with E-state index < -0.39 is 15.8 Å². The molecule has 0 fully saturated rings. The quantitative estimate of drug-likeness (QED) is 0.411. The number of hydrogen-bond acceptors (Lipinski definition) is 6. The number of fused-ring (bicyclic) bond motifs is 1. The summed E-state index contributed by atoms with van der Waals surface area (Å²) in [5, 5.41) is 4.51. The third-order valence-corrected chi connectivity index (χ3v) is 7.70. The number of hydrogen-bond donors (Lipinski definition) is 0. The Bertz CT molecular complexity index is 1350. The van der Waals surface area contributed by atoms with Crippen LogP contribution in [0.3, 0.4) is 0 Å². The number of rotatable bonds is 7. The zero-order valence-corrected chi connectivity index (χ0v) is 19.0. The van der Waals surface area contributed by atoms with Gasteiger partial charge in [0.15, 0.2) is 5.13 Å². The second-order valence-corrected chi connectivity index (χ2v) is 10.3. The van der Waals surface area contributed by atoms with Gasteiger partial charge in [0.25, 0.3) is 5.91 Å². The number of halogens is 1. The fraction of sp³-hybridized carbons (Fsp3) is 0.190. The first kappa shape index (κ1) is 22.1. The molecule has 4 aromatic rings. The average Bonchev–Trinajstić information content (AvgIpc) is 3.44. The van der Waals surface area contributed by atoms with Gasteiger partial charge in [0, 0.05) is 38.6 Å². The van der Waals surface area contributed by atoms with Crippen LogP contribution in [0.4, 0.5) is 9.52 Å². The normalized spacial score (nSPS) is 11.9. The monoisotopic (exact) mass is 473 g/mol. The first-order valence-corrected chi connectivity index (χ1v) is 11.9. The first-order chi connectivity index (χ1) is 15.3. The van der Waals surface area contributed by atoms with Gasteiger partial charge in [-0.15, -0.1) is 0 Å². The summed E-state index contributed by atoms with van der Waals surface area (Å²) in [6.45, 7) is 0.657. The number of sulfonamides is 1. The number of amides is 1. The molecule has 2 heterocycles. The van der Waals surface area contributed by atoms with Crippen LogP contribution < -0.4 is 4.90 Å². The van der Waals surface area contributed by atoms with Crippen molar-refractivity contribution in [3.63, 3.8) is 0 Å². The number of carbonyl (C=O) groups is 1. The van der Waals surface area contributed by atoms with Gasteiger partial charge in [-0.3, -0.25) is 14.4 Å². The summed E-state index contributed by atoms with van der Waals surface area (Å²) >= 11 is 1.21. The van der Waals surface area contributed by atoms with Gasteiger partial charge in [0.2, 0.25) is 10.0 Å². The molecule has 2 aromatic carbocycles. The third-order valence-electron chi connectivity index (χ3n) is 4.83. The molecule has 0 bridgehead atoms. The highest BCUT2D eigenvalue weighted by Crippen LogP contribution is 2.31. The van der Waals surface area contributed by atoms with Crippen LogP contribution in [0, 0.1) is 5.82 Å². The van der Waals surface area contributed by atoms with Crippen molar-refractivity contribution >= 4 is 42.6 Å². The molecule has 0 N–H and O–H groups in total. The van der Waals surface area contributed by atoms with Crippen LogP contribution in [-0.2, 0) is 16.6 Å². The Kier molecular flexibility index (Phi) is 6.04. The Balaban J connectivity index is 1.68. The van der Waals surface area contributed by atoms with Crippen LogP contribution in [0.5, 0.6) is 0 Å². The average molecular weight is 474 g/mol. The highest BCUT2D eigenvalue weighted by atomic mass is 32.2. The number of anilines is 1. The van der Waals surface area contributed by atoms with E-state index in [2.05, 4.69) is 10.1 Å². The van der Waals surface area contributed by atoms with E-state index in [0.717, 1.165) is 4.31 Å². The van der Waals surface area contributed by atoms with Crippen LogP contribution in [-0.4, -0.2) is 54.0 Å². The van der Waals surface area contributed by atoms with Crippen molar-refractivity contribution in [1.82, 2.24) is 19.1 Å². The van der Waals surface area contributed by atoms with Gasteiger partial charge < -0.3 is 0 Å². The third kappa shape index (κ3) is 4.27. The minimum absolute atomic E-state index is 0.0872. The van der Waals surface area contributed by atoms with E-state index >= 15 is 0 Å². The molecule has 0 atom stereocenters. The molecule has 0 aliphatic rings. The molecule has 0 aliphatic carbocycles. The topological polar surface area (TPSA) is 88.4 Å². The van der Waals surface area contributed by atoms with E-state index in [1.807, 2.05) is 0 Å². The molecule has 0 saturated carbocycles. The van der Waals surface area contributed by atoms with Crippen LogP contribution in [0.15, 0.2) is 65.8 Å². The van der Waals surface area contributed by atoms with Gasteiger partial charge in [-0.1, -0.05) is 17.4 Å². The summed E-state index contributed by atoms with van der Waals surface area (Å²) in [5.74, 6) is -0.826. The molecule has 0 unspecified atom stereocenters. The Morgan fingerprint density at radius 3 is 2.50 bits per heavy atom. The van der Waals surface area contributed by atoms with Crippen molar-refractivity contribution < 1.29 is 17.6 Å². The summed E-state index contributed by atoms with van der Waals surface area (Å²) < 4.78 is 42.2. The Morgan fingerprint density at radius 1 is 1.12 bits per heavy atom. The molecule has 1 amide bonds. The fourth-order valence-electron chi connectivity index (χ4n) is 3.07. The number of thiazole rings is 1. The minimum Gasteiger partial charge on any atom is -0.282 e. The largest absolute Gasteiger partial charge is 0.282 e. The van der Waals surface area contributed by atoms with E-state index in [1.165, 1.54) is 60.7 Å². The van der Waals surface area contributed by atoms with Crippen molar-refractivity contribution in [2.45, 2.75) is 11.4 Å². The predicted molar refractivity (Wildman–Crippen MR) is 121 cm³/mol. The highest BCUT2D eigenvalue weighted by molar-refractivity contribution is 7.89. The number of para-hydroxylation sites is 1. The van der Waals surface area contributed by atoms with E-state index in [9.17, 15) is 17.6 Å². The molecule has 0 saturated heterocycles. The molecule has 0 aliphatic heterocycles. The van der Waals surface area contributed by atoms with Gasteiger partial charge in [-0.25, -0.2) is 22.1 Å². The second-order valence-electron chi connectivity index (χ2n) is 7.12. The van der Waals surface area contributed by atoms with Gasteiger partial charge in [0.1, 0.15) is 11.3 Å². The van der Waals surface area contributed by atoms with Crippen LogP contribution in [0.2, 0.25) is 0 Å². The molecule has 4 rings (SSSR count). The van der Waals surface area contributed by atoms with Crippen molar-refractivity contribution in [3.8, 4) is 0 Å². The first-order valence-electron chi connectivity index (χ1n) is 9.64. The smallest absolute Gasteiger partial charge is 0.260 e. The number of benzene rings is 2. The van der Waals surface area contributed by atoms with Gasteiger partial charge in [-0.05, 0) is 42.5 Å². The lowest BCUT2D eigenvalue weighted by atomic mass is 10.2. The summed E-state index contributed by atoms with van der Waals surface area (Å²) in [7, 11) is -0.725. The number of carbonyl (C=O) groups excluding carboxylic acids is 1. The molecular weight excluding hydrogens is 453 g/mol. The van der Waals surface area contributed by atoms with Crippen LogP contribution >= 0.6 is 11.3 Å². The van der Waals surface area contributed by atoms with Crippen molar-refractivity contribution in [1.29, 1.82) is 0 Å². The predicted octanol–water partition coefficient (Wildman–Crippen LogP) is 3.23. The summed E-state index contributed by atoms with van der Waals surface area (Å²) in [6.07, 6.45) is 3.42. The van der Waals surface area contributed by atoms with E-state index in [0.29, 0.717) is 21.9 Å². The van der Waals surface area contributed by atoms with Crippen molar-refractivity contribution in [2.75, 3.05) is 25.5 Å². The van der Waals surface area contributed by atoms with Gasteiger partial charge >= 0.3 is 0 Å². The molecule has 166 valence electrons. The summed E-state index contributed by atoms with van der Waals surface area (Å²) in [5.41, 5.74) is 0.500. The molecule has 8 nitrogen and oxygen atoms in total. The lowest BCUT2D eigenvalue weighted by Gasteiger charge is -2.20. The molecule has 11 heteroatoms. The zero-order valence-electron chi connectivity index (χ0n) is 17.3. The minimum atomic E-state index is -3.61. The van der Waals surface area contributed by atoms with E-state index in [-0.39, 0.29) is 22.9 Å². The molecule has 2 aromatic heterocycles. The maximum atomic E-state index is 14.2. The van der Waals surface area contributed by atoms with Gasteiger partial charge in [-0.2, -0.15) is 5.10 Å². The highest BCUT2D eigenvalue weighted by Gasteiger charge is 2.23. The maximum Gasteiger partial charge on any atom is 0.260 e. The summed E-state index contributed by atoms with van der Waals surface area (Å²) in [6, 6.07) is 12.2. The number of nitrogens with zero attached hydrogens (tertiary/aromatic N) is 5. The van der Waals surface area contributed by atoms with E-state index in [4.69, 9.17) is 0 Å². The zero-order chi connectivity index (χ0) is 22.9. The Hall–Kier alpha value is -3.15. The van der Waals surface area contributed by atoms with Crippen LogP contribution in [0.25, 0.3) is 10.2 Å². The Labute approximate surface area is 188 Å². The summed E-state index contributed by atoms with van der Waals surface area (Å²) in [4.78, 5) is 19.3. The van der Waals surface area contributed by atoms with Gasteiger partial charge in [0.05, 0.1) is 16.1 Å². The number of aromatic nitrogens is 3. The maximum absolute atomic E-state index is 14.2. The second kappa shape index (κ2) is 8.77. The lowest BCUT2D eigenvalue weighted by molar-refractivity contribution is 0.0985. The van der Waals surface area contributed by atoms with Crippen molar-refractivity contribution in [2.24, 2.45) is 0 Å². The molecule has 0 radical (unpaired) electrons. The molecule has 32 heavy (non-hydrogen) atoms. The standard InChI is InChI=1S/C21H20FN5O3S2/c1-25(2)32(29,30)16-9-7-15(8-10-16)20(28)27(14-13-26-12-4-11-23-26)21-24-19-17(22)5-3-6-18(19)31-21/h3-12H,13-14H2,1-2H3. The van der Waals surface area contributed by atoms with Crippen molar-refractivity contribution in [3.05, 3.63) is 72.3 Å².